The van der Waals surface area contributed by atoms with Gasteiger partial charge in [0.1, 0.15) is 35.6 Å². The van der Waals surface area contributed by atoms with Gasteiger partial charge in [-0.1, -0.05) is 62.4 Å². The van der Waals surface area contributed by atoms with Crippen LogP contribution < -0.4 is 5.32 Å². The molecule has 2 aromatic rings. The van der Waals surface area contributed by atoms with Crippen molar-refractivity contribution in [1.29, 1.82) is 0 Å². The van der Waals surface area contributed by atoms with E-state index in [2.05, 4.69) is 5.32 Å². The molecule has 2 bridgehead atoms. The molecule has 58 heavy (non-hydrogen) atoms. The van der Waals surface area contributed by atoms with Crippen LogP contribution in [-0.4, -0.2) is 110 Å². The van der Waals surface area contributed by atoms with E-state index in [0.29, 0.717) is 5.56 Å². The number of ketones is 1. The van der Waals surface area contributed by atoms with E-state index in [1.807, 2.05) is 0 Å². The monoisotopic (exact) mass is 807 g/mol. The summed E-state index contributed by atoms with van der Waals surface area (Å²) in [6.45, 7) is 11.7. The van der Waals surface area contributed by atoms with Crippen molar-refractivity contribution in [2.45, 2.75) is 128 Å². The Kier molecular flexibility index (Phi) is 11.2. The molecule has 3 aliphatic carbocycles. The zero-order valence-corrected chi connectivity index (χ0v) is 33.9. The Morgan fingerprint density at radius 3 is 2.10 bits per heavy atom. The van der Waals surface area contributed by atoms with Gasteiger partial charge in [0.05, 0.1) is 35.6 Å². The second-order valence-corrected chi connectivity index (χ2v) is 17.6. The Labute approximate surface area is 336 Å². The van der Waals surface area contributed by atoms with Crippen molar-refractivity contribution in [3.8, 4) is 0 Å². The molecule has 0 unspecified atom stereocenters. The summed E-state index contributed by atoms with van der Waals surface area (Å²) in [6, 6.07) is 14.5. The number of esters is 3. The summed E-state index contributed by atoms with van der Waals surface area (Å²) in [5.74, 6) is -5.55. The molecule has 1 saturated heterocycles. The van der Waals surface area contributed by atoms with E-state index < -0.39 is 112 Å². The fourth-order valence-corrected chi connectivity index (χ4v) is 9.60. The van der Waals surface area contributed by atoms with Crippen molar-refractivity contribution in [3.63, 3.8) is 0 Å². The fourth-order valence-electron chi connectivity index (χ4n) is 9.60. The number of fused-ring (bicyclic) bond motifs is 5. The number of Topliss-reactive ketones (excluding diaryl/α,β-unsaturated/α-hetero) is 1. The number of aliphatic hydroxyl groups is 4. The zero-order valence-electron chi connectivity index (χ0n) is 33.9. The minimum Gasteiger partial charge on any atom is -0.459 e. The Balaban J connectivity index is 1.52. The number of aliphatic hydroxyl groups excluding tert-OH is 3. The minimum atomic E-state index is -2.27. The summed E-state index contributed by atoms with van der Waals surface area (Å²) in [5, 5.41) is 51.0. The average Bonchev–Trinajstić information content (AvgIpc) is 3.14. The Bertz CT molecular complexity index is 1980. The molecule has 2 saturated carbocycles. The summed E-state index contributed by atoms with van der Waals surface area (Å²) in [7, 11) is 0. The average molecular weight is 808 g/mol. The van der Waals surface area contributed by atoms with Gasteiger partial charge in [0.25, 0.3) is 0 Å². The van der Waals surface area contributed by atoms with Gasteiger partial charge >= 0.3 is 24.0 Å². The van der Waals surface area contributed by atoms with Crippen LogP contribution in [0.5, 0.6) is 0 Å². The van der Waals surface area contributed by atoms with Crippen LogP contribution in [0.25, 0.3) is 0 Å². The molecule has 0 radical (unpaired) electrons. The van der Waals surface area contributed by atoms with E-state index in [9.17, 15) is 39.6 Å². The number of hydrogen-bond acceptors (Lipinski definition) is 14. The number of hydrogen-bond donors (Lipinski definition) is 5. The van der Waals surface area contributed by atoms with E-state index in [4.69, 9.17) is 23.7 Å². The second-order valence-electron chi connectivity index (χ2n) is 17.6. The Morgan fingerprint density at radius 1 is 0.948 bits per heavy atom. The van der Waals surface area contributed by atoms with Crippen LogP contribution >= 0.6 is 0 Å². The SMILES string of the molecule is CC(=O)O[C@@]12CO[C@@H]1C[C@H](OC(=O)[C@H](O)[C@@H](NC(=O)OC(C)(C)C)c1ccccc1)[C@@]1(C)C(=O)[C@H](O)C3=C(C)[C@@H](O)C[C@@](O)([C@@H](OC(=O)c4ccccc4)[C@H]21)C3(C)C. The molecular weight excluding hydrogens is 754 g/mol. The summed E-state index contributed by atoms with van der Waals surface area (Å²) < 4.78 is 29.9. The first kappa shape index (κ1) is 42.9. The van der Waals surface area contributed by atoms with E-state index in [0.717, 1.165) is 6.92 Å². The highest BCUT2D eigenvalue weighted by Gasteiger charge is 2.78. The third-order valence-corrected chi connectivity index (χ3v) is 12.6. The van der Waals surface area contributed by atoms with Crippen LogP contribution in [0.15, 0.2) is 71.8 Å². The molecule has 1 amide bonds. The van der Waals surface area contributed by atoms with Gasteiger partial charge < -0.3 is 49.4 Å². The van der Waals surface area contributed by atoms with Crippen LogP contribution in [0.3, 0.4) is 0 Å². The molecule has 5 N–H and O–H groups in total. The van der Waals surface area contributed by atoms with Crippen molar-refractivity contribution in [3.05, 3.63) is 82.9 Å². The van der Waals surface area contributed by atoms with Gasteiger partial charge in [0.2, 0.25) is 0 Å². The van der Waals surface area contributed by atoms with Crippen LogP contribution in [0.1, 0.15) is 90.2 Å². The standard InChI is InChI=1S/C43H53NO14/c1-22-26(46)20-43(53)35(56-36(50)25-17-13-10-14-18-25)33-41(8,34(49)31(47)29(22)40(43,6)7)27(19-28-42(33,21-54-28)57-23(2)45)55-37(51)32(48)30(24-15-11-9-12-16-24)44-38(52)58-39(3,4)5/h9-18,26-28,30-33,35,46-48,53H,19-21H2,1-8H3,(H,44,52)/t26-,27-,28+,30-,31+,32+,33-,35-,41+,42-,43+/m0/s1. The maximum atomic E-state index is 15.3. The van der Waals surface area contributed by atoms with Crippen LogP contribution in [0, 0.1) is 16.7 Å². The van der Waals surface area contributed by atoms with Crippen molar-refractivity contribution in [2.24, 2.45) is 16.7 Å². The van der Waals surface area contributed by atoms with Crippen LogP contribution in [0.2, 0.25) is 0 Å². The first-order chi connectivity index (χ1) is 27.0. The number of carbonyl (C=O) groups is 5. The highest BCUT2D eigenvalue weighted by molar-refractivity contribution is 5.94. The number of ether oxygens (including phenoxy) is 5. The number of nitrogens with one attached hydrogen (secondary N) is 1. The summed E-state index contributed by atoms with van der Waals surface area (Å²) in [5.41, 5.74) is -8.15. The first-order valence-electron chi connectivity index (χ1n) is 19.3. The molecule has 4 aliphatic rings. The predicted octanol–water partition coefficient (Wildman–Crippen LogP) is 3.26. The second kappa shape index (κ2) is 15.2. The summed E-state index contributed by atoms with van der Waals surface area (Å²) in [6.07, 6.45) is -11.7. The first-order valence-corrected chi connectivity index (χ1v) is 19.3. The highest BCUT2D eigenvalue weighted by Crippen LogP contribution is 2.64. The van der Waals surface area contributed by atoms with Gasteiger partial charge in [0, 0.05) is 25.2 Å². The maximum Gasteiger partial charge on any atom is 0.408 e. The van der Waals surface area contributed by atoms with Crippen molar-refractivity contribution in [2.75, 3.05) is 6.61 Å². The van der Waals surface area contributed by atoms with Crippen molar-refractivity contribution < 1.29 is 68.1 Å². The fraction of sp³-hybridized carbons (Fsp3) is 0.558. The van der Waals surface area contributed by atoms with Gasteiger partial charge in [0.15, 0.2) is 17.5 Å². The van der Waals surface area contributed by atoms with E-state index >= 15 is 4.79 Å². The molecule has 3 fully saturated rings. The largest absolute Gasteiger partial charge is 0.459 e. The summed E-state index contributed by atoms with van der Waals surface area (Å²) in [4.78, 5) is 69.7. The number of amides is 1. The minimum absolute atomic E-state index is 0.0245. The van der Waals surface area contributed by atoms with Gasteiger partial charge in [-0.2, -0.15) is 0 Å². The predicted molar refractivity (Wildman–Crippen MR) is 204 cm³/mol. The summed E-state index contributed by atoms with van der Waals surface area (Å²) >= 11 is 0. The smallest absolute Gasteiger partial charge is 0.408 e. The third-order valence-electron chi connectivity index (χ3n) is 12.6. The molecule has 6 rings (SSSR count). The van der Waals surface area contributed by atoms with Gasteiger partial charge in [-0.05, 0) is 63.5 Å². The number of carbonyl (C=O) groups excluding carboxylic acids is 5. The van der Waals surface area contributed by atoms with Gasteiger partial charge in [-0.3, -0.25) is 9.59 Å². The lowest BCUT2D eigenvalue weighted by molar-refractivity contribution is -0.346. The maximum absolute atomic E-state index is 15.3. The number of benzene rings is 2. The van der Waals surface area contributed by atoms with Crippen LogP contribution in [0.4, 0.5) is 4.79 Å². The molecule has 1 aliphatic heterocycles. The van der Waals surface area contributed by atoms with Crippen LogP contribution in [-0.2, 0) is 38.1 Å². The number of alkyl carbamates (subject to hydrolysis) is 1. The molecule has 1 heterocycles. The highest BCUT2D eigenvalue weighted by atomic mass is 16.6. The Hall–Kier alpha value is -4.67. The molecule has 15 heteroatoms. The van der Waals surface area contributed by atoms with Crippen molar-refractivity contribution in [1.82, 2.24) is 5.32 Å². The lowest BCUT2D eigenvalue weighted by Crippen LogP contribution is -2.82. The van der Waals surface area contributed by atoms with E-state index in [-0.39, 0.29) is 29.7 Å². The molecule has 0 aromatic heterocycles. The molecule has 15 nitrogen and oxygen atoms in total. The topological polar surface area (TPSA) is 224 Å². The molecular formula is C43H53NO14. The Morgan fingerprint density at radius 2 is 1.55 bits per heavy atom. The molecule has 2 aromatic carbocycles. The lowest BCUT2D eigenvalue weighted by atomic mass is 9.44. The van der Waals surface area contributed by atoms with E-state index in [1.54, 1.807) is 83.1 Å². The lowest BCUT2D eigenvalue weighted by Gasteiger charge is -2.67. The zero-order chi connectivity index (χ0) is 42.7. The molecule has 314 valence electrons. The van der Waals surface area contributed by atoms with Gasteiger partial charge in [-0.15, -0.1) is 0 Å². The van der Waals surface area contributed by atoms with E-state index in [1.165, 1.54) is 26.0 Å². The molecule has 11 atom stereocenters. The molecule has 0 spiro atoms. The quantitative estimate of drug-likeness (QED) is 0.147. The van der Waals surface area contributed by atoms with Gasteiger partial charge in [-0.25, -0.2) is 14.4 Å². The number of rotatable bonds is 8. The normalized spacial score (nSPS) is 33.7. The van der Waals surface area contributed by atoms with Crippen molar-refractivity contribution >= 4 is 29.8 Å². The third kappa shape index (κ3) is 7.10.